The highest BCUT2D eigenvalue weighted by atomic mass is 19.4. The molecule has 0 fully saturated rings. The number of amides is 1. The maximum Gasteiger partial charge on any atom is 0.449 e. The van der Waals surface area contributed by atoms with Crippen molar-refractivity contribution in [2.24, 2.45) is 7.05 Å². The molecule has 0 spiro atoms. The van der Waals surface area contributed by atoms with E-state index in [-0.39, 0.29) is 22.5 Å². The van der Waals surface area contributed by atoms with Crippen LogP contribution in [0.4, 0.5) is 13.2 Å². The predicted octanol–water partition coefficient (Wildman–Crippen LogP) is 4.18. The quantitative estimate of drug-likeness (QED) is 0.524. The van der Waals surface area contributed by atoms with Gasteiger partial charge in [-0.15, -0.1) is 0 Å². The fraction of sp³-hybridized carbons (Fsp3) is 0.227. The molecule has 9 heteroatoms. The van der Waals surface area contributed by atoms with Gasteiger partial charge in [-0.1, -0.05) is 36.4 Å². The highest BCUT2D eigenvalue weighted by Gasteiger charge is 2.36. The summed E-state index contributed by atoms with van der Waals surface area (Å²) in [5.41, 5.74) is 4.32. The van der Waals surface area contributed by atoms with E-state index in [1.807, 2.05) is 42.1 Å². The van der Waals surface area contributed by atoms with Crippen LogP contribution < -0.4 is 0 Å². The molecule has 0 unspecified atom stereocenters. The number of aromatic amines is 1. The van der Waals surface area contributed by atoms with Crippen molar-refractivity contribution < 1.29 is 18.0 Å². The van der Waals surface area contributed by atoms with Crippen molar-refractivity contribution in [2.75, 3.05) is 6.54 Å². The summed E-state index contributed by atoms with van der Waals surface area (Å²) in [7, 11) is 1.87. The van der Waals surface area contributed by atoms with Crippen molar-refractivity contribution in [1.82, 2.24) is 24.6 Å². The van der Waals surface area contributed by atoms with Crippen molar-refractivity contribution in [3.05, 3.63) is 71.2 Å². The number of H-pyrrole nitrogens is 1. The first-order chi connectivity index (χ1) is 14.8. The molecule has 1 aliphatic heterocycles. The number of aryl methyl sites for hydroxylation is 1. The average Bonchev–Trinajstić information content (AvgIpc) is 3.33. The first kappa shape index (κ1) is 19.3. The number of carbonyl (C=O) groups excluding carboxylic acids is 1. The maximum atomic E-state index is 13.2. The third kappa shape index (κ3) is 3.26. The number of benzene rings is 2. The molecule has 0 bridgehead atoms. The Morgan fingerprint density at radius 2 is 1.87 bits per heavy atom. The number of carbonyl (C=O) groups is 1. The lowest BCUT2D eigenvalue weighted by atomic mass is 9.99. The first-order valence-corrected chi connectivity index (χ1v) is 9.78. The van der Waals surface area contributed by atoms with Gasteiger partial charge >= 0.3 is 6.18 Å². The van der Waals surface area contributed by atoms with Crippen LogP contribution in [-0.4, -0.2) is 37.1 Å². The topological polar surface area (TPSA) is 66.8 Å². The molecular formula is C22H18F3N5O. The Morgan fingerprint density at radius 1 is 1.10 bits per heavy atom. The van der Waals surface area contributed by atoms with E-state index in [4.69, 9.17) is 0 Å². The first-order valence-electron chi connectivity index (χ1n) is 9.78. The highest BCUT2D eigenvalue weighted by molar-refractivity contribution is 6.05. The van der Waals surface area contributed by atoms with E-state index in [0.29, 0.717) is 19.5 Å². The van der Waals surface area contributed by atoms with Crippen LogP contribution in [0.2, 0.25) is 0 Å². The Kier molecular flexibility index (Phi) is 4.35. The van der Waals surface area contributed by atoms with Gasteiger partial charge in [0.2, 0.25) is 5.82 Å². The van der Waals surface area contributed by atoms with Crippen molar-refractivity contribution in [1.29, 1.82) is 0 Å². The summed E-state index contributed by atoms with van der Waals surface area (Å²) in [5.74, 6) is -1.47. The van der Waals surface area contributed by atoms with E-state index in [9.17, 15) is 18.0 Å². The molecule has 0 aliphatic carbocycles. The molecule has 2 aromatic heterocycles. The Balaban J connectivity index is 1.48. The molecule has 4 aromatic rings. The van der Waals surface area contributed by atoms with E-state index in [1.165, 1.54) is 12.1 Å². The lowest BCUT2D eigenvalue weighted by Crippen LogP contribution is -2.36. The SMILES string of the molecule is Cn1nc2c(c1-c1ccccc1)CCN(C(=O)c1cccc3[nH]c(C(F)(F)F)nc13)C2. The van der Waals surface area contributed by atoms with Gasteiger partial charge in [0.1, 0.15) is 5.52 Å². The normalized spacial score (nSPS) is 14.1. The Bertz CT molecular complexity index is 1290. The van der Waals surface area contributed by atoms with Crippen LogP contribution in [0.5, 0.6) is 0 Å². The van der Waals surface area contributed by atoms with Gasteiger partial charge in [-0.3, -0.25) is 9.48 Å². The number of para-hydroxylation sites is 1. The summed E-state index contributed by atoms with van der Waals surface area (Å²) in [5, 5.41) is 4.60. The number of rotatable bonds is 2. The van der Waals surface area contributed by atoms with Gasteiger partial charge in [0.25, 0.3) is 5.91 Å². The number of halogens is 3. The number of nitrogens with one attached hydrogen (secondary N) is 1. The number of nitrogens with zero attached hydrogens (tertiary/aromatic N) is 4. The second kappa shape index (κ2) is 6.97. The standard InChI is InChI=1S/C22H18F3N5O/c1-29-19(13-6-3-2-4-7-13)14-10-11-30(12-17(14)28-29)20(31)15-8-5-9-16-18(15)27-21(26-16)22(23,24)25/h2-9H,10-12H2,1H3,(H,26,27). The number of aromatic nitrogens is 4. The van der Waals surface area contributed by atoms with Crippen LogP contribution in [0, 0.1) is 0 Å². The summed E-state index contributed by atoms with van der Waals surface area (Å²) in [6, 6.07) is 14.5. The van der Waals surface area contributed by atoms with Crippen LogP contribution in [0.1, 0.15) is 27.4 Å². The van der Waals surface area contributed by atoms with Crippen LogP contribution >= 0.6 is 0 Å². The van der Waals surface area contributed by atoms with Crippen molar-refractivity contribution in [3.8, 4) is 11.3 Å². The van der Waals surface area contributed by atoms with Crippen molar-refractivity contribution in [3.63, 3.8) is 0 Å². The van der Waals surface area contributed by atoms with Crippen LogP contribution in [0.15, 0.2) is 48.5 Å². The number of hydrogen-bond donors (Lipinski definition) is 1. The number of alkyl halides is 3. The molecule has 6 nitrogen and oxygen atoms in total. The molecule has 0 radical (unpaired) electrons. The molecule has 0 saturated heterocycles. The predicted molar refractivity (Wildman–Crippen MR) is 108 cm³/mol. The summed E-state index contributed by atoms with van der Waals surface area (Å²) >= 11 is 0. The summed E-state index contributed by atoms with van der Waals surface area (Å²) < 4.78 is 41.0. The zero-order chi connectivity index (χ0) is 21.8. The van der Waals surface area contributed by atoms with Gasteiger partial charge in [-0.05, 0) is 18.6 Å². The fourth-order valence-corrected chi connectivity index (χ4v) is 4.16. The minimum Gasteiger partial charge on any atom is -0.334 e. The van der Waals surface area contributed by atoms with E-state index < -0.39 is 12.0 Å². The van der Waals surface area contributed by atoms with Gasteiger partial charge in [-0.25, -0.2) is 4.98 Å². The minimum atomic E-state index is -4.61. The molecule has 31 heavy (non-hydrogen) atoms. The molecule has 0 saturated carbocycles. The van der Waals surface area contributed by atoms with Crippen LogP contribution in [0.3, 0.4) is 0 Å². The van der Waals surface area contributed by atoms with Crippen LogP contribution in [0.25, 0.3) is 22.3 Å². The lowest BCUT2D eigenvalue weighted by Gasteiger charge is -2.26. The number of fused-ring (bicyclic) bond motifs is 2. The molecule has 5 rings (SSSR count). The summed E-state index contributed by atoms with van der Waals surface area (Å²) in [4.78, 5) is 20.7. The van der Waals surface area contributed by atoms with Gasteiger partial charge in [0, 0.05) is 24.7 Å². The Hall–Kier alpha value is -3.62. The zero-order valence-corrected chi connectivity index (χ0v) is 16.6. The van der Waals surface area contributed by atoms with Gasteiger partial charge in [0.05, 0.1) is 29.0 Å². The third-order valence-corrected chi connectivity index (χ3v) is 5.55. The zero-order valence-electron chi connectivity index (χ0n) is 16.6. The number of hydrogen-bond acceptors (Lipinski definition) is 3. The smallest absolute Gasteiger partial charge is 0.334 e. The number of imidazole rings is 1. The van der Waals surface area contributed by atoms with E-state index >= 15 is 0 Å². The molecular weight excluding hydrogens is 407 g/mol. The van der Waals surface area contributed by atoms with Gasteiger partial charge < -0.3 is 9.88 Å². The molecule has 158 valence electrons. The van der Waals surface area contributed by atoms with E-state index in [2.05, 4.69) is 15.1 Å². The second-order valence-electron chi connectivity index (χ2n) is 7.53. The van der Waals surface area contributed by atoms with E-state index in [1.54, 1.807) is 11.0 Å². The summed E-state index contributed by atoms with van der Waals surface area (Å²) in [6.45, 7) is 0.742. The average molecular weight is 425 g/mol. The van der Waals surface area contributed by atoms with Gasteiger partial charge in [0.15, 0.2) is 0 Å². The molecule has 2 aromatic carbocycles. The van der Waals surface area contributed by atoms with E-state index in [0.717, 1.165) is 22.5 Å². The molecule has 1 N–H and O–H groups in total. The van der Waals surface area contributed by atoms with Crippen molar-refractivity contribution >= 4 is 16.9 Å². The Morgan fingerprint density at radius 3 is 2.61 bits per heavy atom. The second-order valence-corrected chi connectivity index (χ2v) is 7.53. The van der Waals surface area contributed by atoms with Crippen LogP contribution in [-0.2, 0) is 26.2 Å². The van der Waals surface area contributed by atoms with Crippen molar-refractivity contribution in [2.45, 2.75) is 19.1 Å². The molecule has 3 heterocycles. The molecule has 0 atom stereocenters. The third-order valence-electron chi connectivity index (χ3n) is 5.55. The minimum absolute atomic E-state index is 0.0246. The highest BCUT2D eigenvalue weighted by Crippen LogP contribution is 2.32. The van der Waals surface area contributed by atoms with Gasteiger partial charge in [-0.2, -0.15) is 18.3 Å². The fourth-order valence-electron chi connectivity index (χ4n) is 4.16. The monoisotopic (exact) mass is 425 g/mol. The largest absolute Gasteiger partial charge is 0.449 e. The summed E-state index contributed by atoms with van der Waals surface area (Å²) in [6.07, 6.45) is -4.00. The molecule has 1 aliphatic rings. The molecule has 1 amide bonds. The Labute approximate surface area is 175 Å². The maximum absolute atomic E-state index is 13.2. The lowest BCUT2D eigenvalue weighted by molar-refractivity contribution is -0.144.